The van der Waals surface area contributed by atoms with Crippen molar-refractivity contribution in [1.29, 1.82) is 0 Å². The van der Waals surface area contributed by atoms with Crippen LogP contribution in [0.2, 0.25) is 0 Å². The van der Waals surface area contributed by atoms with Gasteiger partial charge in [-0.2, -0.15) is 0 Å². The molecule has 196 valence electrons. The van der Waals surface area contributed by atoms with E-state index in [0.29, 0.717) is 23.7 Å². The van der Waals surface area contributed by atoms with E-state index >= 15 is 0 Å². The standard InChI is InChI=1S/C33H36N2O3/c1-25-14-16-26(17-15-25)23-35(20-9-21-38-31-19-18-29(33(34)36)22-32(31)37-2)24-30(27-10-5-3-6-11-27)28-12-7-4-8-13-28/h3-8,10-19,22,30H,9,20-21,23-24H2,1-2H3,(H2,34,36). The van der Waals surface area contributed by atoms with Gasteiger partial charge in [0.05, 0.1) is 13.7 Å². The van der Waals surface area contributed by atoms with Crippen molar-refractivity contribution in [2.24, 2.45) is 5.73 Å². The van der Waals surface area contributed by atoms with Gasteiger partial charge in [0, 0.05) is 31.1 Å². The number of primary amides is 1. The van der Waals surface area contributed by atoms with Crippen LogP contribution in [-0.4, -0.2) is 37.6 Å². The highest BCUT2D eigenvalue weighted by atomic mass is 16.5. The molecule has 0 aliphatic rings. The van der Waals surface area contributed by atoms with Gasteiger partial charge in [-0.1, -0.05) is 90.5 Å². The average molecular weight is 509 g/mol. The molecule has 0 atom stereocenters. The smallest absolute Gasteiger partial charge is 0.248 e. The third-order valence-electron chi connectivity index (χ3n) is 6.70. The summed E-state index contributed by atoms with van der Waals surface area (Å²) in [6.45, 7) is 5.25. The zero-order valence-electron chi connectivity index (χ0n) is 22.2. The first-order chi connectivity index (χ1) is 18.5. The Morgan fingerprint density at radius 1 is 0.842 bits per heavy atom. The van der Waals surface area contributed by atoms with Crippen LogP contribution < -0.4 is 15.2 Å². The minimum absolute atomic E-state index is 0.255. The molecule has 0 heterocycles. The number of aryl methyl sites for hydroxylation is 1. The first-order valence-corrected chi connectivity index (χ1v) is 13.0. The Morgan fingerprint density at radius 3 is 2.05 bits per heavy atom. The quantitative estimate of drug-likeness (QED) is 0.218. The lowest BCUT2D eigenvalue weighted by atomic mass is 9.90. The number of hydrogen-bond acceptors (Lipinski definition) is 4. The molecule has 5 nitrogen and oxygen atoms in total. The first-order valence-electron chi connectivity index (χ1n) is 13.0. The van der Waals surface area contributed by atoms with Crippen LogP contribution in [0.25, 0.3) is 0 Å². The van der Waals surface area contributed by atoms with Crippen LogP contribution in [-0.2, 0) is 6.54 Å². The summed E-state index contributed by atoms with van der Waals surface area (Å²) in [5.41, 5.74) is 11.0. The van der Waals surface area contributed by atoms with Gasteiger partial charge < -0.3 is 15.2 Å². The third-order valence-corrected chi connectivity index (χ3v) is 6.70. The molecule has 0 spiro atoms. The molecule has 0 aromatic heterocycles. The number of nitrogens with zero attached hydrogens (tertiary/aromatic N) is 1. The monoisotopic (exact) mass is 508 g/mol. The molecule has 4 aromatic carbocycles. The fraction of sp³-hybridized carbons (Fsp3) is 0.242. The molecule has 0 fully saturated rings. The summed E-state index contributed by atoms with van der Waals surface area (Å²) in [6, 6.07) is 35.2. The molecule has 0 bridgehead atoms. The van der Waals surface area contributed by atoms with Crippen LogP contribution in [0.5, 0.6) is 11.5 Å². The number of ether oxygens (including phenoxy) is 2. The number of carbonyl (C=O) groups excluding carboxylic acids is 1. The van der Waals surface area contributed by atoms with Crippen LogP contribution in [0, 0.1) is 6.92 Å². The molecule has 0 unspecified atom stereocenters. The summed E-state index contributed by atoms with van der Waals surface area (Å²) < 4.78 is 11.5. The highest BCUT2D eigenvalue weighted by Gasteiger charge is 2.19. The number of hydrogen-bond donors (Lipinski definition) is 1. The third kappa shape index (κ3) is 7.46. The van der Waals surface area contributed by atoms with E-state index in [1.165, 1.54) is 22.3 Å². The van der Waals surface area contributed by atoms with Crippen LogP contribution in [0.3, 0.4) is 0 Å². The molecular formula is C33H36N2O3. The van der Waals surface area contributed by atoms with Crippen molar-refractivity contribution in [3.8, 4) is 11.5 Å². The molecule has 0 saturated carbocycles. The second kappa shape index (κ2) is 13.5. The molecule has 0 saturated heterocycles. The van der Waals surface area contributed by atoms with Crippen molar-refractivity contribution in [3.05, 3.63) is 131 Å². The molecular weight excluding hydrogens is 472 g/mol. The van der Waals surface area contributed by atoms with Crippen molar-refractivity contribution < 1.29 is 14.3 Å². The first kappa shape index (κ1) is 27.0. The number of nitrogens with two attached hydrogens (primary N) is 1. The van der Waals surface area contributed by atoms with Gasteiger partial charge in [-0.05, 0) is 48.2 Å². The molecule has 5 heteroatoms. The van der Waals surface area contributed by atoms with E-state index in [4.69, 9.17) is 15.2 Å². The number of carbonyl (C=O) groups is 1. The molecule has 0 aliphatic heterocycles. The average Bonchev–Trinajstić information content (AvgIpc) is 2.95. The Balaban J connectivity index is 1.48. The minimum atomic E-state index is -0.493. The number of rotatable bonds is 13. The molecule has 0 radical (unpaired) electrons. The van der Waals surface area contributed by atoms with Gasteiger partial charge in [0.15, 0.2) is 11.5 Å². The molecule has 4 aromatic rings. The highest BCUT2D eigenvalue weighted by molar-refractivity contribution is 5.93. The minimum Gasteiger partial charge on any atom is -0.493 e. The van der Waals surface area contributed by atoms with Gasteiger partial charge >= 0.3 is 0 Å². The van der Waals surface area contributed by atoms with Gasteiger partial charge in [-0.25, -0.2) is 0 Å². The number of amides is 1. The van der Waals surface area contributed by atoms with Crippen molar-refractivity contribution in [3.63, 3.8) is 0 Å². The van der Waals surface area contributed by atoms with E-state index in [-0.39, 0.29) is 5.92 Å². The number of benzene rings is 4. The van der Waals surface area contributed by atoms with Crippen LogP contribution >= 0.6 is 0 Å². The predicted octanol–water partition coefficient (Wildman–Crippen LogP) is 6.21. The van der Waals surface area contributed by atoms with Gasteiger partial charge in [0.25, 0.3) is 0 Å². The summed E-state index contributed by atoms with van der Waals surface area (Å²) in [6.07, 6.45) is 0.836. The molecule has 1 amide bonds. The molecule has 0 aliphatic carbocycles. The second-order valence-electron chi connectivity index (χ2n) is 9.53. The summed E-state index contributed by atoms with van der Waals surface area (Å²) >= 11 is 0. The Hall–Kier alpha value is -4.09. The van der Waals surface area contributed by atoms with Gasteiger partial charge in [0.1, 0.15) is 0 Å². The fourth-order valence-corrected chi connectivity index (χ4v) is 4.63. The summed E-state index contributed by atoms with van der Waals surface area (Å²) in [7, 11) is 1.56. The molecule has 4 rings (SSSR count). The van der Waals surface area contributed by atoms with E-state index in [1.54, 1.807) is 25.3 Å². The van der Waals surface area contributed by atoms with Crippen molar-refractivity contribution >= 4 is 5.91 Å². The Bertz CT molecular complexity index is 1250. The zero-order chi connectivity index (χ0) is 26.7. The maximum atomic E-state index is 11.5. The second-order valence-corrected chi connectivity index (χ2v) is 9.53. The van der Waals surface area contributed by atoms with Crippen LogP contribution in [0.1, 0.15) is 45.0 Å². The lowest BCUT2D eigenvalue weighted by Gasteiger charge is -2.28. The van der Waals surface area contributed by atoms with E-state index < -0.39 is 5.91 Å². The van der Waals surface area contributed by atoms with Gasteiger partial charge in [-0.15, -0.1) is 0 Å². The summed E-state index contributed by atoms with van der Waals surface area (Å²) in [5, 5.41) is 0. The largest absolute Gasteiger partial charge is 0.493 e. The molecule has 2 N–H and O–H groups in total. The van der Waals surface area contributed by atoms with E-state index in [0.717, 1.165) is 26.1 Å². The fourth-order valence-electron chi connectivity index (χ4n) is 4.63. The predicted molar refractivity (Wildman–Crippen MR) is 153 cm³/mol. The van der Waals surface area contributed by atoms with Crippen LogP contribution in [0.15, 0.2) is 103 Å². The number of methoxy groups -OCH3 is 1. The maximum absolute atomic E-state index is 11.5. The lowest BCUT2D eigenvalue weighted by molar-refractivity contribution is 0.1000. The van der Waals surface area contributed by atoms with E-state index in [2.05, 4.69) is 96.8 Å². The van der Waals surface area contributed by atoms with Gasteiger partial charge in [0.2, 0.25) is 5.91 Å². The SMILES string of the molecule is COc1cc(C(N)=O)ccc1OCCCN(Cc1ccc(C)cc1)CC(c1ccccc1)c1ccccc1. The highest BCUT2D eigenvalue weighted by Crippen LogP contribution is 2.29. The lowest BCUT2D eigenvalue weighted by Crippen LogP contribution is -2.30. The van der Waals surface area contributed by atoms with Crippen molar-refractivity contribution in [1.82, 2.24) is 4.90 Å². The zero-order valence-corrected chi connectivity index (χ0v) is 22.2. The normalized spacial score (nSPS) is 11.1. The topological polar surface area (TPSA) is 64.8 Å². The Kier molecular flexibility index (Phi) is 9.54. The Morgan fingerprint density at radius 2 is 1.47 bits per heavy atom. The Labute approximate surface area is 225 Å². The maximum Gasteiger partial charge on any atom is 0.248 e. The summed E-state index contributed by atoms with van der Waals surface area (Å²) in [4.78, 5) is 14.0. The van der Waals surface area contributed by atoms with E-state index in [1.807, 2.05) is 0 Å². The van der Waals surface area contributed by atoms with E-state index in [9.17, 15) is 4.79 Å². The van der Waals surface area contributed by atoms with Crippen LogP contribution in [0.4, 0.5) is 0 Å². The van der Waals surface area contributed by atoms with Gasteiger partial charge in [-0.3, -0.25) is 9.69 Å². The van der Waals surface area contributed by atoms with Crippen molar-refractivity contribution in [2.75, 3.05) is 26.8 Å². The summed E-state index contributed by atoms with van der Waals surface area (Å²) in [5.74, 6) is 0.873. The van der Waals surface area contributed by atoms with Crippen molar-refractivity contribution in [2.45, 2.75) is 25.8 Å². The molecule has 38 heavy (non-hydrogen) atoms.